The predicted molar refractivity (Wildman–Crippen MR) is 98.6 cm³/mol. The van der Waals surface area contributed by atoms with E-state index in [0.29, 0.717) is 23.7 Å². The minimum absolute atomic E-state index is 0. The average molecular weight is 355 g/mol. The average Bonchev–Trinajstić information content (AvgIpc) is 3.31. The standard InChI is InChI=1S/C17H26N4O2.ClH/c1-11(2)19-16(23)20-14-6-4-5-12(9-14)15(22)21-17(3,10-18)13-7-8-13;/h4-6,9,11,13H,7-8,10,18H2,1-3H3,(H,21,22)(H2,19,20,23);1H. The van der Waals surface area contributed by atoms with Gasteiger partial charge in [0.05, 0.1) is 5.54 Å². The third kappa shape index (κ3) is 5.39. The monoisotopic (exact) mass is 354 g/mol. The molecule has 24 heavy (non-hydrogen) atoms. The minimum Gasteiger partial charge on any atom is -0.345 e. The molecule has 134 valence electrons. The largest absolute Gasteiger partial charge is 0.345 e. The Balaban J connectivity index is 0.00000288. The van der Waals surface area contributed by atoms with Crippen molar-refractivity contribution in [1.29, 1.82) is 0 Å². The number of amides is 3. The summed E-state index contributed by atoms with van der Waals surface area (Å²) >= 11 is 0. The second kappa shape index (κ2) is 8.35. The molecule has 0 aliphatic heterocycles. The van der Waals surface area contributed by atoms with Crippen LogP contribution in [0.1, 0.15) is 44.0 Å². The van der Waals surface area contributed by atoms with Crippen molar-refractivity contribution in [1.82, 2.24) is 10.6 Å². The van der Waals surface area contributed by atoms with E-state index in [0.717, 1.165) is 12.8 Å². The predicted octanol–water partition coefficient (Wildman–Crippen LogP) is 2.50. The van der Waals surface area contributed by atoms with Crippen LogP contribution in [-0.2, 0) is 0 Å². The van der Waals surface area contributed by atoms with Gasteiger partial charge < -0.3 is 21.7 Å². The molecule has 0 radical (unpaired) electrons. The zero-order valence-electron chi connectivity index (χ0n) is 14.4. The van der Waals surface area contributed by atoms with Gasteiger partial charge in [0, 0.05) is 23.8 Å². The van der Waals surface area contributed by atoms with Crippen LogP contribution in [0.4, 0.5) is 10.5 Å². The fraction of sp³-hybridized carbons (Fsp3) is 0.529. The van der Waals surface area contributed by atoms with Crippen molar-refractivity contribution in [2.24, 2.45) is 11.7 Å². The van der Waals surface area contributed by atoms with Crippen LogP contribution in [-0.4, -0.2) is 30.1 Å². The van der Waals surface area contributed by atoms with Crippen molar-refractivity contribution < 1.29 is 9.59 Å². The van der Waals surface area contributed by atoms with Crippen LogP contribution in [0.3, 0.4) is 0 Å². The summed E-state index contributed by atoms with van der Waals surface area (Å²) in [5.41, 5.74) is 6.56. The molecule has 1 aliphatic rings. The fourth-order valence-corrected chi connectivity index (χ4v) is 2.54. The molecule has 1 saturated carbocycles. The number of hydrogen-bond acceptors (Lipinski definition) is 3. The lowest BCUT2D eigenvalue weighted by atomic mass is 9.95. The summed E-state index contributed by atoms with van der Waals surface area (Å²) in [6, 6.07) is 6.65. The Hall–Kier alpha value is -1.79. The van der Waals surface area contributed by atoms with Gasteiger partial charge in [0.2, 0.25) is 0 Å². The molecular weight excluding hydrogens is 328 g/mol. The van der Waals surface area contributed by atoms with Gasteiger partial charge in [0.15, 0.2) is 0 Å². The van der Waals surface area contributed by atoms with E-state index in [9.17, 15) is 9.59 Å². The number of nitrogens with two attached hydrogens (primary N) is 1. The first-order chi connectivity index (χ1) is 10.8. The molecule has 3 amide bonds. The number of carbonyl (C=O) groups is 2. The Morgan fingerprint density at radius 3 is 2.54 bits per heavy atom. The van der Waals surface area contributed by atoms with E-state index in [2.05, 4.69) is 16.0 Å². The first-order valence-electron chi connectivity index (χ1n) is 8.04. The van der Waals surface area contributed by atoms with Gasteiger partial charge in [-0.1, -0.05) is 6.07 Å². The van der Waals surface area contributed by atoms with E-state index in [-0.39, 0.29) is 35.9 Å². The summed E-state index contributed by atoms with van der Waals surface area (Å²) in [6.07, 6.45) is 2.20. The summed E-state index contributed by atoms with van der Waals surface area (Å²) < 4.78 is 0. The summed E-state index contributed by atoms with van der Waals surface area (Å²) in [4.78, 5) is 24.2. The highest BCUT2D eigenvalue weighted by Gasteiger charge is 2.41. The number of benzene rings is 1. The Morgan fingerprint density at radius 1 is 1.33 bits per heavy atom. The van der Waals surface area contributed by atoms with Crippen LogP contribution in [0.15, 0.2) is 24.3 Å². The lowest BCUT2D eigenvalue weighted by molar-refractivity contribution is 0.0898. The quantitative estimate of drug-likeness (QED) is 0.632. The molecule has 0 spiro atoms. The van der Waals surface area contributed by atoms with Crippen molar-refractivity contribution >= 4 is 30.0 Å². The van der Waals surface area contributed by atoms with Crippen LogP contribution in [0.25, 0.3) is 0 Å². The second-order valence-corrected chi connectivity index (χ2v) is 6.68. The molecule has 1 aromatic rings. The summed E-state index contributed by atoms with van der Waals surface area (Å²) in [6.45, 7) is 6.17. The topological polar surface area (TPSA) is 96.2 Å². The lowest BCUT2D eigenvalue weighted by Gasteiger charge is -2.29. The Bertz CT molecular complexity index is 590. The maximum Gasteiger partial charge on any atom is 0.319 e. The van der Waals surface area contributed by atoms with Gasteiger partial charge in [-0.2, -0.15) is 0 Å². The Morgan fingerprint density at radius 2 is 2.00 bits per heavy atom. The Labute approximate surface area is 149 Å². The van der Waals surface area contributed by atoms with Crippen molar-refractivity contribution in [3.8, 4) is 0 Å². The molecular formula is C17H27ClN4O2. The zero-order chi connectivity index (χ0) is 17.0. The van der Waals surface area contributed by atoms with Gasteiger partial charge in [-0.15, -0.1) is 12.4 Å². The number of nitrogens with one attached hydrogen (secondary N) is 3. The molecule has 1 aliphatic carbocycles. The maximum atomic E-state index is 12.5. The van der Waals surface area contributed by atoms with Crippen molar-refractivity contribution in [2.45, 2.75) is 45.2 Å². The van der Waals surface area contributed by atoms with E-state index in [1.54, 1.807) is 24.3 Å². The summed E-state index contributed by atoms with van der Waals surface area (Å²) in [7, 11) is 0. The molecule has 1 aromatic carbocycles. The van der Waals surface area contributed by atoms with Crippen molar-refractivity contribution in [3.05, 3.63) is 29.8 Å². The molecule has 0 bridgehead atoms. The van der Waals surface area contributed by atoms with E-state index < -0.39 is 0 Å². The minimum atomic E-state index is -0.366. The van der Waals surface area contributed by atoms with E-state index in [1.807, 2.05) is 20.8 Å². The highest BCUT2D eigenvalue weighted by atomic mass is 35.5. The van der Waals surface area contributed by atoms with Crippen LogP contribution >= 0.6 is 12.4 Å². The number of anilines is 1. The first-order valence-corrected chi connectivity index (χ1v) is 8.04. The molecule has 0 heterocycles. The van der Waals surface area contributed by atoms with Gasteiger partial charge in [-0.25, -0.2) is 4.79 Å². The van der Waals surface area contributed by atoms with E-state index >= 15 is 0 Å². The van der Waals surface area contributed by atoms with Crippen LogP contribution in [0.2, 0.25) is 0 Å². The third-order valence-electron chi connectivity index (χ3n) is 4.10. The second-order valence-electron chi connectivity index (χ2n) is 6.68. The number of halogens is 1. The maximum absolute atomic E-state index is 12.5. The van der Waals surface area contributed by atoms with Gasteiger partial charge in [-0.05, 0) is 57.7 Å². The van der Waals surface area contributed by atoms with Crippen molar-refractivity contribution in [2.75, 3.05) is 11.9 Å². The molecule has 5 N–H and O–H groups in total. The lowest BCUT2D eigenvalue weighted by Crippen LogP contribution is -2.53. The van der Waals surface area contributed by atoms with E-state index in [4.69, 9.17) is 5.73 Å². The summed E-state index contributed by atoms with van der Waals surface area (Å²) in [5, 5.41) is 8.51. The molecule has 0 aromatic heterocycles. The summed E-state index contributed by atoms with van der Waals surface area (Å²) in [5.74, 6) is 0.285. The molecule has 1 fully saturated rings. The number of carbonyl (C=O) groups excluding carboxylic acids is 2. The van der Waals surface area contributed by atoms with Gasteiger partial charge in [-0.3, -0.25) is 4.79 Å². The third-order valence-corrected chi connectivity index (χ3v) is 4.10. The SMILES string of the molecule is CC(C)NC(=O)Nc1cccc(C(=O)NC(C)(CN)C2CC2)c1.Cl. The molecule has 6 nitrogen and oxygen atoms in total. The van der Waals surface area contributed by atoms with Crippen LogP contribution in [0, 0.1) is 5.92 Å². The number of rotatable bonds is 6. The van der Waals surface area contributed by atoms with Crippen LogP contribution < -0.4 is 21.7 Å². The highest BCUT2D eigenvalue weighted by molar-refractivity contribution is 5.97. The highest BCUT2D eigenvalue weighted by Crippen LogP contribution is 2.39. The Kier molecular flexibility index (Phi) is 7.05. The number of hydrogen-bond donors (Lipinski definition) is 4. The molecule has 2 rings (SSSR count). The van der Waals surface area contributed by atoms with Gasteiger partial charge in [0.1, 0.15) is 0 Å². The molecule has 0 saturated heterocycles. The fourth-order valence-electron chi connectivity index (χ4n) is 2.54. The molecule has 1 atom stereocenters. The van der Waals surface area contributed by atoms with Gasteiger partial charge >= 0.3 is 6.03 Å². The zero-order valence-corrected chi connectivity index (χ0v) is 15.2. The van der Waals surface area contributed by atoms with Gasteiger partial charge in [0.25, 0.3) is 5.91 Å². The number of urea groups is 1. The molecule has 1 unspecified atom stereocenters. The smallest absolute Gasteiger partial charge is 0.319 e. The van der Waals surface area contributed by atoms with Crippen LogP contribution in [0.5, 0.6) is 0 Å². The molecule has 7 heteroatoms. The first kappa shape index (κ1) is 20.3. The van der Waals surface area contributed by atoms with E-state index in [1.165, 1.54) is 0 Å². The normalized spacial score (nSPS) is 15.9. The van der Waals surface area contributed by atoms with Crippen molar-refractivity contribution in [3.63, 3.8) is 0 Å².